The van der Waals surface area contributed by atoms with Gasteiger partial charge in [-0.2, -0.15) is 13.2 Å². The van der Waals surface area contributed by atoms with Crippen LogP contribution in [0.4, 0.5) is 23.2 Å². The molecule has 0 amide bonds. The van der Waals surface area contributed by atoms with E-state index in [4.69, 9.17) is 4.74 Å². The SMILES string of the molecule is O=S(=O)(c1cc(F)ccc1NCCC1=CCOCC1)C(F)(F)F. The van der Waals surface area contributed by atoms with Crippen molar-refractivity contribution in [3.05, 3.63) is 35.7 Å². The molecule has 0 unspecified atom stereocenters. The van der Waals surface area contributed by atoms with Gasteiger partial charge >= 0.3 is 5.51 Å². The van der Waals surface area contributed by atoms with Gasteiger partial charge in [0.25, 0.3) is 9.84 Å². The summed E-state index contributed by atoms with van der Waals surface area (Å²) in [7, 11) is -5.62. The Balaban J connectivity index is 2.17. The second-order valence-corrected chi connectivity index (χ2v) is 6.86. The molecular weight excluding hydrogens is 338 g/mol. The lowest BCUT2D eigenvalue weighted by atomic mass is 10.1. The summed E-state index contributed by atoms with van der Waals surface area (Å²) in [6, 6.07) is 2.27. The van der Waals surface area contributed by atoms with Crippen molar-refractivity contribution >= 4 is 15.5 Å². The summed E-state index contributed by atoms with van der Waals surface area (Å²) in [6.07, 6.45) is 3.13. The van der Waals surface area contributed by atoms with Crippen molar-refractivity contribution in [1.82, 2.24) is 0 Å². The molecule has 2 rings (SSSR count). The lowest BCUT2D eigenvalue weighted by Crippen LogP contribution is -2.24. The second kappa shape index (κ2) is 6.88. The summed E-state index contributed by atoms with van der Waals surface area (Å²) >= 11 is 0. The molecule has 4 nitrogen and oxygen atoms in total. The van der Waals surface area contributed by atoms with E-state index in [1.165, 1.54) is 0 Å². The summed E-state index contributed by atoms with van der Waals surface area (Å²) in [5.41, 5.74) is -4.68. The predicted octanol–water partition coefficient (Wildman–Crippen LogP) is 3.27. The zero-order valence-electron chi connectivity index (χ0n) is 12.0. The number of benzene rings is 1. The normalized spacial score (nSPS) is 16.1. The molecule has 0 aromatic heterocycles. The van der Waals surface area contributed by atoms with Gasteiger partial charge in [0.2, 0.25) is 0 Å². The van der Waals surface area contributed by atoms with Crippen LogP contribution >= 0.6 is 0 Å². The number of hydrogen-bond acceptors (Lipinski definition) is 4. The molecule has 1 heterocycles. The number of rotatable bonds is 5. The van der Waals surface area contributed by atoms with E-state index in [1.807, 2.05) is 6.08 Å². The molecule has 0 saturated carbocycles. The summed E-state index contributed by atoms with van der Waals surface area (Å²) in [5.74, 6) is -1.05. The standard InChI is InChI=1S/C14H15F4NO3S/c15-11-1-2-12(13(9-11)23(20,21)14(16,17)18)19-6-3-10-4-7-22-8-5-10/h1-2,4,9,19H,3,5-8H2. The molecule has 9 heteroatoms. The largest absolute Gasteiger partial charge is 0.501 e. The van der Waals surface area contributed by atoms with Gasteiger partial charge in [0.1, 0.15) is 10.7 Å². The van der Waals surface area contributed by atoms with Gasteiger partial charge in [0, 0.05) is 6.54 Å². The highest BCUT2D eigenvalue weighted by atomic mass is 32.2. The Kier molecular flexibility index (Phi) is 5.30. The molecule has 0 bridgehead atoms. The summed E-state index contributed by atoms with van der Waals surface area (Å²) < 4.78 is 79.4. The molecule has 128 valence electrons. The van der Waals surface area contributed by atoms with Gasteiger partial charge in [0.05, 0.1) is 18.9 Å². The molecule has 0 atom stereocenters. The quantitative estimate of drug-likeness (QED) is 0.652. The zero-order chi connectivity index (χ0) is 17.1. The van der Waals surface area contributed by atoms with Crippen LogP contribution < -0.4 is 5.32 Å². The maximum Gasteiger partial charge on any atom is 0.501 e. The molecule has 1 aliphatic heterocycles. The number of sulfone groups is 1. The Morgan fingerprint density at radius 1 is 1.26 bits per heavy atom. The van der Waals surface area contributed by atoms with E-state index < -0.39 is 26.1 Å². The summed E-state index contributed by atoms with van der Waals surface area (Å²) in [5, 5.41) is 2.64. The van der Waals surface area contributed by atoms with Crippen molar-refractivity contribution in [2.45, 2.75) is 23.2 Å². The van der Waals surface area contributed by atoms with Crippen molar-refractivity contribution in [1.29, 1.82) is 0 Å². The van der Waals surface area contributed by atoms with Crippen LogP contribution in [0, 0.1) is 5.82 Å². The van der Waals surface area contributed by atoms with Crippen LogP contribution in [0.3, 0.4) is 0 Å². The molecular formula is C14H15F4NO3S. The van der Waals surface area contributed by atoms with Gasteiger partial charge in [-0.1, -0.05) is 11.6 Å². The monoisotopic (exact) mass is 353 g/mol. The topological polar surface area (TPSA) is 55.4 Å². The van der Waals surface area contributed by atoms with Crippen LogP contribution in [0.1, 0.15) is 12.8 Å². The van der Waals surface area contributed by atoms with Gasteiger partial charge in [-0.15, -0.1) is 0 Å². The number of ether oxygens (including phenoxy) is 1. The van der Waals surface area contributed by atoms with E-state index in [2.05, 4.69) is 5.32 Å². The number of alkyl halides is 3. The zero-order valence-corrected chi connectivity index (χ0v) is 12.8. The first-order valence-electron chi connectivity index (χ1n) is 6.82. The summed E-state index contributed by atoms with van der Waals surface area (Å²) in [4.78, 5) is -1.11. The Morgan fingerprint density at radius 2 is 2.00 bits per heavy atom. The van der Waals surface area contributed by atoms with Gasteiger partial charge in [-0.25, -0.2) is 12.8 Å². The highest BCUT2D eigenvalue weighted by Gasteiger charge is 2.48. The molecule has 23 heavy (non-hydrogen) atoms. The van der Waals surface area contributed by atoms with E-state index in [9.17, 15) is 26.0 Å². The van der Waals surface area contributed by atoms with Crippen molar-refractivity contribution in [3.8, 4) is 0 Å². The molecule has 1 N–H and O–H groups in total. The van der Waals surface area contributed by atoms with Gasteiger partial charge in [-0.05, 0) is 31.0 Å². The molecule has 1 aromatic carbocycles. The molecule has 0 spiro atoms. The van der Waals surface area contributed by atoms with Crippen LogP contribution in [0.15, 0.2) is 34.7 Å². The lowest BCUT2D eigenvalue weighted by molar-refractivity contribution is -0.0435. The molecule has 0 aliphatic carbocycles. The molecule has 0 radical (unpaired) electrons. The minimum absolute atomic E-state index is 0.234. The van der Waals surface area contributed by atoms with Gasteiger partial charge < -0.3 is 10.1 Å². The predicted molar refractivity (Wildman–Crippen MR) is 76.3 cm³/mol. The van der Waals surface area contributed by atoms with Crippen LogP contribution in [0.2, 0.25) is 0 Å². The second-order valence-electron chi connectivity index (χ2n) is 4.95. The van der Waals surface area contributed by atoms with E-state index in [-0.39, 0.29) is 12.2 Å². The van der Waals surface area contributed by atoms with E-state index in [0.717, 1.165) is 24.1 Å². The fraction of sp³-hybridized carbons (Fsp3) is 0.429. The minimum Gasteiger partial charge on any atom is -0.384 e. The smallest absolute Gasteiger partial charge is 0.384 e. The van der Waals surface area contributed by atoms with Crippen LogP contribution in [0.5, 0.6) is 0 Å². The number of anilines is 1. The molecule has 0 saturated heterocycles. The van der Waals surface area contributed by atoms with Gasteiger partial charge in [-0.3, -0.25) is 0 Å². The molecule has 1 aliphatic rings. The van der Waals surface area contributed by atoms with Crippen LogP contribution in [0.25, 0.3) is 0 Å². The Morgan fingerprint density at radius 3 is 2.61 bits per heavy atom. The molecule has 0 fully saturated rings. The third kappa shape index (κ3) is 4.23. The van der Waals surface area contributed by atoms with Crippen LogP contribution in [-0.4, -0.2) is 33.7 Å². The third-order valence-corrected chi connectivity index (χ3v) is 4.88. The number of nitrogens with one attached hydrogen (secondary N) is 1. The highest BCUT2D eigenvalue weighted by Crippen LogP contribution is 2.34. The maximum absolute atomic E-state index is 13.2. The average Bonchev–Trinajstić information content (AvgIpc) is 2.48. The third-order valence-electron chi connectivity index (χ3n) is 3.36. The lowest BCUT2D eigenvalue weighted by Gasteiger charge is -2.16. The Hall–Kier alpha value is -1.61. The first-order valence-corrected chi connectivity index (χ1v) is 8.30. The van der Waals surface area contributed by atoms with Crippen molar-refractivity contribution in [2.75, 3.05) is 25.1 Å². The van der Waals surface area contributed by atoms with E-state index in [1.54, 1.807) is 0 Å². The maximum atomic E-state index is 13.2. The van der Waals surface area contributed by atoms with Crippen molar-refractivity contribution in [2.24, 2.45) is 0 Å². The minimum atomic E-state index is -5.62. The van der Waals surface area contributed by atoms with Crippen LogP contribution in [-0.2, 0) is 14.6 Å². The van der Waals surface area contributed by atoms with Crippen molar-refractivity contribution in [3.63, 3.8) is 0 Å². The van der Waals surface area contributed by atoms with E-state index >= 15 is 0 Å². The first kappa shape index (κ1) is 17.7. The highest BCUT2D eigenvalue weighted by molar-refractivity contribution is 7.92. The van der Waals surface area contributed by atoms with Gasteiger partial charge in [0.15, 0.2) is 0 Å². The number of halogens is 4. The average molecular weight is 353 g/mol. The van der Waals surface area contributed by atoms with E-state index in [0.29, 0.717) is 25.7 Å². The first-order chi connectivity index (χ1) is 10.7. The Bertz CT molecular complexity index is 698. The fourth-order valence-electron chi connectivity index (χ4n) is 2.14. The summed E-state index contributed by atoms with van der Waals surface area (Å²) in [6.45, 7) is 1.30. The fourth-order valence-corrected chi connectivity index (χ4v) is 3.09. The number of hydrogen-bond donors (Lipinski definition) is 1. The molecule has 1 aromatic rings. The Labute approximate surface area is 131 Å². The van der Waals surface area contributed by atoms with Crippen molar-refractivity contribution < 1.29 is 30.7 Å².